The third-order valence-electron chi connectivity index (χ3n) is 3.43. The van der Waals surface area contributed by atoms with E-state index in [1.807, 2.05) is 0 Å². The van der Waals surface area contributed by atoms with Crippen molar-refractivity contribution in [1.29, 1.82) is 0 Å². The molecule has 6 heteroatoms. The minimum atomic E-state index is -0.990. The third-order valence-corrected chi connectivity index (χ3v) is 3.43. The summed E-state index contributed by atoms with van der Waals surface area (Å²) in [6, 6.07) is 6.90. The molecule has 1 atom stereocenters. The van der Waals surface area contributed by atoms with Crippen LogP contribution in [-0.4, -0.2) is 31.7 Å². The van der Waals surface area contributed by atoms with Crippen molar-refractivity contribution in [2.75, 3.05) is 20.8 Å². The van der Waals surface area contributed by atoms with Crippen molar-refractivity contribution in [2.24, 2.45) is 5.41 Å². The van der Waals surface area contributed by atoms with E-state index in [0.717, 1.165) is 0 Å². The Balaban J connectivity index is 3.16. The van der Waals surface area contributed by atoms with Gasteiger partial charge in [0, 0.05) is 4.92 Å². The van der Waals surface area contributed by atoms with Gasteiger partial charge < -0.3 is 9.47 Å². The number of hydrogen-bond acceptors (Lipinski definition) is 5. The largest absolute Gasteiger partial charge is 0.497 e. The molecule has 110 valence electrons. The van der Waals surface area contributed by atoms with Gasteiger partial charge in [-0.25, -0.2) is 0 Å². The van der Waals surface area contributed by atoms with E-state index in [9.17, 15) is 14.9 Å². The molecule has 0 saturated heterocycles. The molecule has 0 aliphatic heterocycles. The summed E-state index contributed by atoms with van der Waals surface area (Å²) >= 11 is 0. The lowest BCUT2D eigenvalue weighted by atomic mass is 9.75. The molecule has 0 aliphatic carbocycles. The molecule has 0 amide bonds. The minimum absolute atomic E-state index is 0.339. The van der Waals surface area contributed by atoms with E-state index < -0.39 is 22.2 Å². The highest BCUT2D eigenvalue weighted by Gasteiger charge is 2.41. The number of carbonyl (C=O) groups excluding carboxylic acids is 1. The smallest absolute Gasteiger partial charge is 0.312 e. The maximum absolute atomic E-state index is 11.9. The van der Waals surface area contributed by atoms with Crippen molar-refractivity contribution in [2.45, 2.75) is 19.8 Å². The summed E-state index contributed by atoms with van der Waals surface area (Å²) in [5, 5.41) is 10.9. The van der Waals surface area contributed by atoms with Crippen LogP contribution in [0.15, 0.2) is 24.3 Å². The molecule has 0 saturated carbocycles. The second-order valence-electron chi connectivity index (χ2n) is 5.05. The Bertz CT molecular complexity index is 481. The van der Waals surface area contributed by atoms with Crippen LogP contribution < -0.4 is 4.74 Å². The van der Waals surface area contributed by atoms with Crippen molar-refractivity contribution in [3.8, 4) is 5.75 Å². The first-order chi connectivity index (χ1) is 9.32. The van der Waals surface area contributed by atoms with Gasteiger partial charge in [-0.1, -0.05) is 12.1 Å². The van der Waals surface area contributed by atoms with Crippen LogP contribution in [-0.2, 0) is 9.53 Å². The summed E-state index contributed by atoms with van der Waals surface area (Å²) in [6.07, 6.45) is 0. The number of methoxy groups -OCH3 is 2. The molecule has 6 nitrogen and oxygen atoms in total. The number of benzene rings is 1. The fraction of sp³-hybridized carbons (Fsp3) is 0.500. The van der Waals surface area contributed by atoms with Gasteiger partial charge in [0.2, 0.25) is 6.54 Å². The number of esters is 1. The number of hydrogen-bond donors (Lipinski definition) is 0. The standard InChI is InChI=1S/C14H19NO5/c1-14(2,13(16)20-4)12(9-15(17)18)10-5-7-11(19-3)8-6-10/h5-8,12H,9H2,1-4H3/t12-/m0/s1. The SMILES string of the molecule is COC(=O)C(C)(C)[C@@H](C[N+](=O)[O-])c1ccc(OC)cc1. The van der Waals surface area contributed by atoms with Gasteiger partial charge in [-0.3, -0.25) is 14.9 Å². The topological polar surface area (TPSA) is 78.7 Å². The summed E-state index contributed by atoms with van der Waals surface area (Å²) in [5.74, 6) is -0.388. The van der Waals surface area contributed by atoms with Gasteiger partial charge >= 0.3 is 5.97 Å². The molecule has 1 aromatic rings. The van der Waals surface area contributed by atoms with E-state index in [1.165, 1.54) is 7.11 Å². The van der Waals surface area contributed by atoms with Crippen molar-refractivity contribution in [1.82, 2.24) is 0 Å². The molecule has 0 fully saturated rings. The van der Waals surface area contributed by atoms with Crippen LogP contribution in [0.2, 0.25) is 0 Å². The van der Waals surface area contributed by atoms with Gasteiger partial charge in [0.25, 0.3) is 0 Å². The molecule has 0 N–H and O–H groups in total. The average Bonchev–Trinajstić information content (AvgIpc) is 2.43. The first-order valence-corrected chi connectivity index (χ1v) is 6.17. The highest BCUT2D eigenvalue weighted by molar-refractivity contribution is 5.77. The predicted octanol–water partition coefficient (Wildman–Crippen LogP) is 2.25. The monoisotopic (exact) mass is 281 g/mol. The van der Waals surface area contributed by atoms with E-state index in [2.05, 4.69) is 0 Å². The first-order valence-electron chi connectivity index (χ1n) is 6.17. The van der Waals surface area contributed by atoms with Gasteiger partial charge in [-0.2, -0.15) is 0 Å². The molecule has 0 aliphatic rings. The molecule has 20 heavy (non-hydrogen) atoms. The van der Waals surface area contributed by atoms with Crippen LogP contribution in [0.3, 0.4) is 0 Å². The summed E-state index contributed by atoms with van der Waals surface area (Å²) < 4.78 is 9.82. The summed E-state index contributed by atoms with van der Waals surface area (Å²) in [5.41, 5.74) is -0.283. The lowest BCUT2D eigenvalue weighted by Gasteiger charge is -2.29. The van der Waals surface area contributed by atoms with Gasteiger partial charge in [-0.15, -0.1) is 0 Å². The highest BCUT2D eigenvalue weighted by Crippen LogP contribution is 2.37. The van der Waals surface area contributed by atoms with Gasteiger partial charge in [0.05, 0.1) is 25.6 Å². The molecular weight excluding hydrogens is 262 g/mol. The van der Waals surface area contributed by atoms with Crippen LogP contribution in [0.1, 0.15) is 25.3 Å². The van der Waals surface area contributed by atoms with Crippen LogP contribution in [0.4, 0.5) is 0 Å². The van der Waals surface area contributed by atoms with Crippen molar-refractivity contribution in [3.05, 3.63) is 39.9 Å². The van der Waals surface area contributed by atoms with E-state index in [-0.39, 0.29) is 6.54 Å². The maximum Gasteiger partial charge on any atom is 0.312 e. The fourth-order valence-electron chi connectivity index (χ4n) is 2.14. The molecule has 0 spiro atoms. The lowest BCUT2D eigenvalue weighted by molar-refractivity contribution is -0.485. The van der Waals surface area contributed by atoms with Crippen molar-refractivity contribution >= 4 is 5.97 Å². The van der Waals surface area contributed by atoms with Crippen molar-refractivity contribution < 1.29 is 19.2 Å². The molecule has 0 bridgehead atoms. The molecule has 1 rings (SSSR count). The lowest BCUT2D eigenvalue weighted by Crippen LogP contribution is -2.36. The van der Waals surface area contributed by atoms with Gasteiger partial charge in [0.15, 0.2) is 0 Å². The van der Waals surface area contributed by atoms with Crippen molar-refractivity contribution in [3.63, 3.8) is 0 Å². The number of carbonyl (C=O) groups is 1. The molecular formula is C14H19NO5. The summed E-state index contributed by atoms with van der Waals surface area (Å²) in [6.45, 7) is 2.96. The van der Waals surface area contributed by atoms with E-state index in [4.69, 9.17) is 9.47 Å². The van der Waals surface area contributed by atoms with Crippen LogP contribution in [0.25, 0.3) is 0 Å². The average molecular weight is 281 g/mol. The Morgan fingerprint density at radius 1 is 1.30 bits per heavy atom. The van der Waals surface area contributed by atoms with Gasteiger partial charge in [-0.05, 0) is 31.5 Å². The second kappa shape index (κ2) is 6.36. The molecule has 0 radical (unpaired) electrons. The quantitative estimate of drug-likeness (QED) is 0.454. The van der Waals surface area contributed by atoms with E-state index >= 15 is 0 Å². The number of nitrogens with zero attached hydrogens (tertiary/aromatic N) is 1. The maximum atomic E-state index is 11.9. The molecule has 1 aromatic carbocycles. The summed E-state index contributed by atoms with van der Waals surface area (Å²) in [4.78, 5) is 22.4. The van der Waals surface area contributed by atoms with Gasteiger partial charge in [0.1, 0.15) is 5.75 Å². The zero-order valence-electron chi connectivity index (χ0n) is 12.1. The van der Waals surface area contributed by atoms with E-state index in [1.54, 1.807) is 45.2 Å². The minimum Gasteiger partial charge on any atom is -0.497 e. The Labute approximate surface area is 117 Å². The number of nitro groups is 1. The van der Waals surface area contributed by atoms with E-state index in [0.29, 0.717) is 11.3 Å². The zero-order chi connectivity index (χ0) is 15.3. The summed E-state index contributed by atoms with van der Waals surface area (Å²) in [7, 11) is 2.82. The Morgan fingerprint density at radius 3 is 2.25 bits per heavy atom. The van der Waals surface area contributed by atoms with Crippen LogP contribution in [0, 0.1) is 15.5 Å². The molecule has 0 aromatic heterocycles. The first kappa shape index (κ1) is 15.9. The van der Waals surface area contributed by atoms with Crippen LogP contribution >= 0.6 is 0 Å². The molecule has 0 unspecified atom stereocenters. The number of ether oxygens (including phenoxy) is 2. The normalized spacial score (nSPS) is 12.6. The predicted molar refractivity (Wildman–Crippen MR) is 73.4 cm³/mol. The Kier molecular flexibility index (Phi) is 5.07. The zero-order valence-corrected chi connectivity index (χ0v) is 12.1. The number of rotatable bonds is 6. The highest BCUT2D eigenvalue weighted by atomic mass is 16.6. The Morgan fingerprint density at radius 2 is 1.85 bits per heavy atom. The fourth-order valence-corrected chi connectivity index (χ4v) is 2.14. The Hall–Kier alpha value is -2.11. The third kappa shape index (κ3) is 3.46. The second-order valence-corrected chi connectivity index (χ2v) is 5.05. The molecule has 0 heterocycles. The van der Waals surface area contributed by atoms with Crippen LogP contribution in [0.5, 0.6) is 5.75 Å².